The van der Waals surface area contributed by atoms with Crippen molar-refractivity contribution in [3.8, 4) is 11.8 Å². The average molecular weight is 634 g/mol. The number of thiophene rings is 1. The molecule has 2 saturated heterocycles. The second-order valence-corrected chi connectivity index (χ2v) is 11.5. The van der Waals surface area contributed by atoms with Crippen LogP contribution in [0.4, 0.5) is 20.7 Å². The molecule has 2 N–H and O–H groups in total. The Labute approximate surface area is 263 Å². The van der Waals surface area contributed by atoms with E-state index in [9.17, 15) is 9.18 Å². The van der Waals surface area contributed by atoms with Crippen molar-refractivity contribution >= 4 is 62.5 Å². The van der Waals surface area contributed by atoms with E-state index < -0.39 is 0 Å². The predicted molar refractivity (Wildman–Crippen MR) is 169 cm³/mol. The first kappa shape index (κ1) is 29.8. The number of hydrogen-bond acceptors (Lipinski definition) is 9. The second kappa shape index (κ2) is 13.2. The lowest BCUT2D eigenvalue weighted by Gasteiger charge is -2.27. The van der Waals surface area contributed by atoms with Gasteiger partial charge in [0.15, 0.2) is 5.82 Å². The Morgan fingerprint density at radius 3 is 2.93 bits per heavy atom. The maximum atomic E-state index is 13.6. The Hall–Kier alpha value is -4.28. The number of ether oxygens (including phenoxy) is 2. The first-order valence-electron chi connectivity index (χ1n) is 14.1. The number of nitrogens with zero attached hydrogens (tertiary/aromatic N) is 5. The van der Waals surface area contributed by atoms with Crippen LogP contribution in [0, 0.1) is 17.7 Å². The molecule has 7 rings (SSSR count). The number of benzene rings is 2. The smallest absolute Gasteiger partial charge is 0.410 e. The monoisotopic (exact) mass is 633 g/mol. The fourth-order valence-corrected chi connectivity index (χ4v) is 6.18. The van der Waals surface area contributed by atoms with E-state index in [0.29, 0.717) is 51.6 Å². The van der Waals surface area contributed by atoms with Crippen LogP contribution in [0.15, 0.2) is 61.1 Å². The first-order chi connectivity index (χ1) is 21.1. The van der Waals surface area contributed by atoms with Crippen molar-refractivity contribution in [1.82, 2.24) is 30.0 Å². The van der Waals surface area contributed by atoms with E-state index >= 15 is 0 Å². The highest BCUT2D eigenvalue weighted by Crippen LogP contribution is 2.31. The number of fused-ring (bicyclic) bond motifs is 2. The van der Waals surface area contributed by atoms with Gasteiger partial charge in [0.25, 0.3) is 0 Å². The van der Waals surface area contributed by atoms with Gasteiger partial charge < -0.3 is 19.7 Å². The summed E-state index contributed by atoms with van der Waals surface area (Å²) in [7, 11) is 0. The summed E-state index contributed by atoms with van der Waals surface area (Å²) in [6.45, 7) is 3.27. The van der Waals surface area contributed by atoms with Crippen LogP contribution in [0.3, 0.4) is 0 Å². The van der Waals surface area contributed by atoms with Crippen molar-refractivity contribution in [3.05, 3.63) is 77.3 Å². The van der Waals surface area contributed by atoms with Crippen molar-refractivity contribution in [2.45, 2.75) is 25.1 Å². The highest BCUT2D eigenvalue weighted by molar-refractivity contribution is 7.20. The van der Waals surface area contributed by atoms with Gasteiger partial charge in [0.1, 0.15) is 18.2 Å². The van der Waals surface area contributed by atoms with Gasteiger partial charge in [0, 0.05) is 37.1 Å². The van der Waals surface area contributed by atoms with Gasteiger partial charge in [-0.1, -0.05) is 24.0 Å². The van der Waals surface area contributed by atoms with Gasteiger partial charge in [-0.15, -0.1) is 23.7 Å². The molecule has 2 aromatic carbocycles. The van der Waals surface area contributed by atoms with Crippen LogP contribution in [-0.4, -0.2) is 75.7 Å². The fourth-order valence-electron chi connectivity index (χ4n) is 5.27. The zero-order valence-electron chi connectivity index (χ0n) is 23.5. The lowest BCUT2D eigenvalue weighted by atomic mass is 10.2. The summed E-state index contributed by atoms with van der Waals surface area (Å²) in [6, 6.07) is 14.4. The molecule has 226 valence electrons. The molecule has 3 aromatic heterocycles. The van der Waals surface area contributed by atoms with Crippen LogP contribution < -0.4 is 10.6 Å². The molecule has 44 heavy (non-hydrogen) atoms. The number of anilines is 2. The average Bonchev–Trinajstić information content (AvgIpc) is 3.75. The highest BCUT2D eigenvalue weighted by atomic mass is 35.5. The molecule has 0 unspecified atom stereocenters. The van der Waals surface area contributed by atoms with Crippen molar-refractivity contribution < 1.29 is 18.7 Å². The zero-order chi connectivity index (χ0) is 29.2. The summed E-state index contributed by atoms with van der Waals surface area (Å²) in [5.74, 6) is 6.98. The Bertz CT molecular complexity index is 1860. The van der Waals surface area contributed by atoms with E-state index in [4.69, 9.17) is 9.47 Å². The van der Waals surface area contributed by atoms with Crippen LogP contribution in [0.2, 0.25) is 0 Å². The number of aromatic nitrogens is 4. The third-order valence-electron chi connectivity index (χ3n) is 7.43. The van der Waals surface area contributed by atoms with Crippen molar-refractivity contribution in [3.63, 3.8) is 0 Å². The van der Waals surface area contributed by atoms with Gasteiger partial charge in [-0.2, -0.15) is 5.10 Å². The Morgan fingerprint density at radius 2 is 2.07 bits per heavy atom. The van der Waals surface area contributed by atoms with E-state index in [1.54, 1.807) is 17.2 Å². The number of hydrogen-bond donors (Lipinski definition) is 2. The van der Waals surface area contributed by atoms with Crippen LogP contribution >= 0.6 is 23.7 Å². The third-order valence-corrected chi connectivity index (χ3v) is 8.48. The summed E-state index contributed by atoms with van der Waals surface area (Å²) in [5, 5.41) is 12.2. The van der Waals surface area contributed by atoms with E-state index in [1.165, 1.54) is 29.8 Å². The Balaban J connectivity index is 0.00000343. The van der Waals surface area contributed by atoms with Gasteiger partial charge in [0.05, 0.1) is 52.6 Å². The normalized spacial score (nSPS) is 18.1. The number of carbonyl (C=O) groups excluding carboxylic acids is 1. The van der Waals surface area contributed by atoms with E-state index in [-0.39, 0.29) is 36.5 Å². The molecular weight excluding hydrogens is 605 g/mol. The van der Waals surface area contributed by atoms with Crippen molar-refractivity contribution in [2.75, 3.05) is 38.2 Å². The maximum Gasteiger partial charge on any atom is 0.410 e. The summed E-state index contributed by atoms with van der Waals surface area (Å²) in [5.41, 5.74) is 3.48. The number of halogens is 2. The van der Waals surface area contributed by atoms with E-state index in [0.717, 1.165) is 37.2 Å². The van der Waals surface area contributed by atoms with Gasteiger partial charge >= 0.3 is 6.09 Å². The van der Waals surface area contributed by atoms with Crippen LogP contribution in [0.1, 0.15) is 16.9 Å². The molecule has 0 saturated carbocycles. The molecule has 2 atom stereocenters. The number of amides is 1. The molecule has 5 aromatic rings. The number of nitrogens with one attached hydrogen (secondary N) is 2. The summed E-state index contributed by atoms with van der Waals surface area (Å²) in [6.07, 6.45) is 3.49. The van der Waals surface area contributed by atoms with Crippen LogP contribution in [-0.2, 0) is 16.0 Å². The first-order valence-corrected chi connectivity index (χ1v) is 14.9. The fraction of sp³-hybridized carbons (Fsp3) is 0.290. The molecule has 1 amide bonds. The third kappa shape index (κ3) is 6.61. The highest BCUT2D eigenvalue weighted by Gasteiger charge is 2.28. The van der Waals surface area contributed by atoms with Gasteiger partial charge in [-0.3, -0.25) is 10.00 Å². The van der Waals surface area contributed by atoms with Crippen LogP contribution in [0.5, 0.6) is 0 Å². The quantitative estimate of drug-likeness (QED) is 0.262. The second-order valence-electron chi connectivity index (χ2n) is 10.4. The minimum absolute atomic E-state index is 0. The molecule has 2 fully saturated rings. The lowest BCUT2D eigenvalue weighted by molar-refractivity contribution is 0.0156. The minimum Gasteiger partial charge on any atom is -0.445 e. The molecule has 10 nitrogen and oxygen atoms in total. The summed E-state index contributed by atoms with van der Waals surface area (Å²) >= 11 is 1.53. The molecule has 13 heteroatoms. The topological polar surface area (TPSA) is 106 Å². The number of rotatable bonds is 5. The van der Waals surface area contributed by atoms with Gasteiger partial charge in [0.2, 0.25) is 0 Å². The standard InChI is InChI=1S/C31H28FN7O3S.ClH/c32-22-3-1-2-20(12-22)18-39-28-7-5-24(13-21(28)16-36-39)37-30-29-27(34-19-35-30)15-26(43-29)6-4-23-14-25(17-33-23)42-31(40)38-8-10-41-11-9-38;/h1-3,5,7,12-13,15-16,19,23,25,33H,8-11,14,17-18H2,(H,34,35,37);1H/t23-,25+;/m1./s1. The van der Waals surface area contributed by atoms with E-state index in [1.807, 2.05) is 35.0 Å². The zero-order valence-corrected chi connectivity index (χ0v) is 25.2. The maximum absolute atomic E-state index is 13.6. The molecular formula is C31H29ClFN7O3S. The van der Waals surface area contributed by atoms with Gasteiger partial charge in [-0.25, -0.2) is 19.2 Å². The van der Waals surface area contributed by atoms with E-state index in [2.05, 4.69) is 37.5 Å². The summed E-state index contributed by atoms with van der Waals surface area (Å²) in [4.78, 5) is 23.9. The SMILES string of the molecule is Cl.O=C(O[C@@H]1CN[C@H](C#Cc2cc3ncnc(Nc4ccc5c(cnn5Cc5cccc(F)c5)c4)c3s2)C1)N1CCOCC1. The largest absolute Gasteiger partial charge is 0.445 e. The van der Waals surface area contributed by atoms with Gasteiger partial charge in [-0.05, 0) is 42.0 Å². The number of carbonyl (C=O) groups is 1. The molecule has 0 radical (unpaired) electrons. The Morgan fingerprint density at radius 1 is 1.18 bits per heavy atom. The molecule has 2 aliphatic rings. The minimum atomic E-state index is -0.288. The molecule has 5 heterocycles. The molecule has 2 aliphatic heterocycles. The van der Waals surface area contributed by atoms with Crippen molar-refractivity contribution in [2.24, 2.45) is 0 Å². The molecule has 0 aliphatic carbocycles. The number of morpholine rings is 1. The molecule has 0 bridgehead atoms. The lowest BCUT2D eigenvalue weighted by Crippen LogP contribution is -2.42. The Kier molecular flexibility index (Phi) is 8.90. The summed E-state index contributed by atoms with van der Waals surface area (Å²) < 4.78 is 27.4. The van der Waals surface area contributed by atoms with Crippen LogP contribution in [0.25, 0.3) is 21.1 Å². The molecule has 0 spiro atoms. The van der Waals surface area contributed by atoms with Crippen molar-refractivity contribution in [1.29, 1.82) is 0 Å². The predicted octanol–water partition coefficient (Wildman–Crippen LogP) is 4.94.